The van der Waals surface area contributed by atoms with Crippen LogP contribution in [0.15, 0.2) is 48.5 Å². The molecule has 1 aliphatic rings. The van der Waals surface area contributed by atoms with E-state index in [2.05, 4.69) is 36.5 Å². The molecule has 0 unspecified atom stereocenters. The van der Waals surface area contributed by atoms with Crippen LogP contribution in [0.4, 0.5) is 4.39 Å². The summed E-state index contributed by atoms with van der Waals surface area (Å²) >= 11 is 0. The fourth-order valence-corrected chi connectivity index (χ4v) is 3.04. The van der Waals surface area contributed by atoms with Crippen LogP contribution in [-0.2, 0) is 11.8 Å². The van der Waals surface area contributed by atoms with Crippen LogP contribution >= 0.6 is 0 Å². The molecule has 1 aliphatic heterocycles. The van der Waals surface area contributed by atoms with Crippen molar-refractivity contribution in [3.05, 3.63) is 71.0 Å². The lowest BCUT2D eigenvalue weighted by atomic mass is 9.69. The highest BCUT2D eigenvalue weighted by Crippen LogP contribution is 2.34. The van der Waals surface area contributed by atoms with Crippen LogP contribution in [0.5, 0.6) is 0 Å². The maximum Gasteiger partial charge on any atom is 0.123 e. The van der Waals surface area contributed by atoms with E-state index in [9.17, 15) is 4.39 Å². The molecule has 0 bridgehead atoms. The zero-order chi connectivity index (χ0) is 13.3. The number of hydrogen-bond acceptors (Lipinski definition) is 1. The van der Waals surface area contributed by atoms with E-state index in [-0.39, 0.29) is 11.2 Å². The van der Waals surface area contributed by atoms with Gasteiger partial charge in [0, 0.05) is 18.5 Å². The second kappa shape index (κ2) is 4.78. The van der Waals surface area contributed by atoms with Crippen LogP contribution < -0.4 is 5.32 Å². The molecule has 1 fully saturated rings. The maximum atomic E-state index is 13.3. The van der Waals surface area contributed by atoms with Crippen molar-refractivity contribution < 1.29 is 4.39 Å². The Labute approximate surface area is 113 Å². The highest BCUT2D eigenvalue weighted by Gasteiger charge is 2.39. The predicted molar refractivity (Wildman–Crippen MR) is 75.8 cm³/mol. The summed E-state index contributed by atoms with van der Waals surface area (Å²) in [6.45, 7) is 4.09. The minimum absolute atomic E-state index is 0.124. The SMILES string of the molecule is Cc1ccccc1C1(Cc2cccc(F)c2)CNC1. The molecule has 0 spiro atoms. The van der Waals surface area contributed by atoms with Crippen LogP contribution in [0.25, 0.3) is 0 Å². The lowest BCUT2D eigenvalue weighted by molar-refractivity contribution is 0.273. The van der Waals surface area contributed by atoms with Crippen molar-refractivity contribution >= 4 is 0 Å². The summed E-state index contributed by atoms with van der Waals surface area (Å²) in [5, 5.41) is 3.37. The van der Waals surface area contributed by atoms with E-state index in [0.29, 0.717) is 0 Å². The number of nitrogens with one attached hydrogen (secondary N) is 1. The van der Waals surface area contributed by atoms with E-state index < -0.39 is 0 Å². The van der Waals surface area contributed by atoms with E-state index in [0.717, 1.165) is 25.1 Å². The summed E-state index contributed by atoms with van der Waals surface area (Å²) in [4.78, 5) is 0. The molecule has 0 aromatic heterocycles. The summed E-state index contributed by atoms with van der Waals surface area (Å²) in [6, 6.07) is 15.5. The van der Waals surface area contributed by atoms with Gasteiger partial charge in [0.25, 0.3) is 0 Å². The Morgan fingerprint density at radius 1 is 1.11 bits per heavy atom. The fraction of sp³-hybridized carbons (Fsp3) is 0.294. The third-order valence-electron chi connectivity index (χ3n) is 4.07. The molecule has 0 saturated carbocycles. The zero-order valence-corrected chi connectivity index (χ0v) is 11.1. The van der Waals surface area contributed by atoms with Crippen molar-refractivity contribution in [1.29, 1.82) is 0 Å². The van der Waals surface area contributed by atoms with E-state index in [1.54, 1.807) is 12.1 Å². The van der Waals surface area contributed by atoms with E-state index >= 15 is 0 Å². The average molecular weight is 255 g/mol. The molecule has 2 aromatic rings. The first-order valence-corrected chi connectivity index (χ1v) is 6.71. The van der Waals surface area contributed by atoms with Gasteiger partial charge in [0.05, 0.1) is 0 Å². The van der Waals surface area contributed by atoms with E-state index in [4.69, 9.17) is 0 Å². The topological polar surface area (TPSA) is 12.0 Å². The summed E-state index contributed by atoms with van der Waals surface area (Å²) in [6.07, 6.45) is 0.891. The van der Waals surface area contributed by atoms with Gasteiger partial charge in [-0.25, -0.2) is 4.39 Å². The molecule has 0 atom stereocenters. The van der Waals surface area contributed by atoms with Gasteiger partial charge in [0.2, 0.25) is 0 Å². The van der Waals surface area contributed by atoms with Crippen molar-refractivity contribution in [1.82, 2.24) is 5.32 Å². The number of benzene rings is 2. The van der Waals surface area contributed by atoms with Crippen molar-refractivity contribution in [2.75, 3.05) is 13.1 Å². The molecule has 19 heavy (non-hydrogen) atoms. The lowest BCUT2D eigenvalue weighted by Gasteiger charge is -2.44. The highest BCUT2D eigenvalue weighted by atomic mass is 19.1. The molecule has 0 aliphatic carbocycles. The summed E-state index contributed by atoms with van der Waals surface area (Å²) in [5.41, 5.74) is 3.90. The first-order valence-electron chi connectivity index (χ1n) is 6.71. The van der Waals surface area contributed by atoms with Gasteiger partial charge in [-0.1, -0.05) is 36.4 Å². The van der Waals surface area contributed by atoms with Gasteiger partial charge < -0.3 is 5.32 Å². The minimum atomic E-state index is -0.148. The molecule has 1 N–H and O–H groups in total. The largest absolute Gasteiger partial charge is 0.315 e. The molecule has 2 heteroatoms. The minimum Gasteiger partial charge on any atom is -0.315 e. The average Bonchev–Trinajstić information content (AvgIpc) is 2.35. The molecular formula is C17H18FN. The third kappa shape index (κ3) is 2.28. The summed E-state index contributed by atoms with van der Waals surface area (Å²) in [5.74, 6) is -0.148. The zero-order valence-electron chi connectivity index (χ0n) is 11.1. The molecule has 3 rings (SSSR count). The molecular weight excluding hydrogens is 237 g/mol. The van der Waals surface area contributed by atoms with E-state index in [1.807, 2.05) is 6.07 Å². The molecule has 1 nitrogen and oxygen atoms in total. The van der Waals surface area contributed by atoms with Gasteiger partial charge in [0.15, 0.2) is 0 Å². The first-order chi connectivity index (χ1) is 9.20. The normalized spacial score (nSPS) is 16.9. The Kier molecular flexibility index (Phi) is 3.11. The monoisotopic (exact) mass is 255 g/mol. The second-order valence-electron chi connectivity index (χ2n) is 5.51. The van der Waals surface area contributed by atoms with Gasteiger partial charge in [-0.15, -0.1) is 0 Å². The Morgan fingerprint density at radius 3 is 2.53 bits per heavy atom. The molecule has 2 aromatic carbocycles. The molecule has 0 amide bonds. The molecule has 98 valence electrons. The standard InChI is InChI=1S/C17H18FN/c1-13-5-2-3-8-16(13)17(11-19-12-17)10-14-6-4-7-15(18)9-14/h2-9,19H,10-12H2,1H3. The van der Waals surface area contributed by atoms with Crippen molar-refractivity contribution in [3.8, 4) is 0 Å². The van der Waals surface area contributed by atoms with Crippen molar-refractivity contribution in [2.45, 2.75) is 18.8 Å². The highest BCUT2D eigenvalue weighted by molar-refractivity contribution is 5.39. The smallest absolute Gasteiger partial charge is 0.123 e. The van der Waals surface area contributed by atoms with Crippen LogP contribution in [0, 0.1) is 12.7 Å². The van der Waals surface area contributed by atoms with E-state index in [1.165, 1.54) is 17.2 Å². The Balaban J connectivity index is 1.94. The second-order valence-corrected chi connectivity index (χ2v) is 5.51. The van der Waals surface area contributed by atoms with Gasteiger partial charge in [0.1, 0.15) is 5.82 Å². The Hall–Kier alpha value is -1.67. The van der Waals surface area contributed by atoms with Crippen LogP contribution in [0.3, 0.4) is 0 Å². The number of halogens is 1. The number of aryl methyl sites for hydroxylation is 1. The maximum absolute atomic E-state index is 13.3. The molecule has 1 saturated heterocycles. The predicted octanol–water partition coefficient (Wildman–Crippen LogP) is 3.22. The number of hydrogen-bond donors (Lipinski definition) is 1. The van der Waals surface area contributed by atoms with Gasteiger partial charge in [-0.3, -0.25) is 0 Å². The third-order valence-corrected chi connectivity index (χ3v) is 4.07. The summed E-state index contributed by atoms with van der Waals surface area (Å²) in [7, 11) is 0. The van der Waals surface area contributed by atoms with Crippen LogP contribution in [0.2, 0.25) is 0 Å². The van der Waals surface area contributed by atoms with Crippen LogP contribution in [0.1, 0.15) is 16.7 Å². The van der Waals surface area contributed by atoms with Gasteiger partial charge >= 0.3 is 0 Å². The van der Waals surface area contributed by atoms with Gasteiger partial charge in [-0.05, 0) is 42.2 Å². The van der Waals surface area contributed by atoms with Gasteiger partial charge in [-0.2, -0.15) is 0 Å². The molecule has 1 heterocycles. The lowest BCUT2D eigenvalue weighted by Crippen LogP contribution is -2.58. The quantitative estimate of drug-likeness (QED) is 0.888. The fourth-order valence-electron chi connectivity index (χ4n) is 3.04. The summed E-state index contributed by atoms with van der Waals surface area (Å²) < 4.78 is 13.3. The van der Waals surface area contributed by atoms with Crippen LogP contribution in [-0.4, -0.2) is 13.1 Å². The van der Waals surface area contributed by atoms with Crippen molar-refractivity contribution in [2.24, 2.45) is 0 Å². The number of rotatable bonds is 3. The first kappa shape index (κ1) is 12.4. The molecule has 0 radical (unpaired) electrons. The Morgan fingerprint density at radius 2 is 1.89 bits per heavy atom. The van der Waals surface area contributed by atoms with Crippen molar-refractivity contribution in [3.63, 3.8) is 0 Å². The Bertz CT molecular complexity index is 587.